The number of hydrogen-bond donors (Lipinski definition) is 1. The van der Waals surface area contributed by atoms with Gasteiger partial charge in [0.2, 0.25) is 0 Å². The van der Waals surface area contributed by atoms with Crippen LogP contribution in [-0.4, -0.2) is 16.5 Å². The molecular weight excluding hydrogens is 321 g/mol. The van der Waals surface area contributed by atoms with Crippen LogP contribution in [0.3, 0.4) is 0 Å². The van der Waals surface area contributed by atoms with Crippen LogP contribution < -0.4 is 5.32 Å². The van der Waals surface area contributed by atoms with E-state index in [1.165, 1.54) is 6.07 Å². The predicted octanol–water partition coefficient (Wildman–Crippen LogP) is 3.58. The number of hydrogen-bond acceptors (Lipinski definition) is 3. The fourth-order valence-electron chi connectivity index (χ4n) is 2.10. The first-order valence-corrected chi connectivity index (χ1v) is 7.36. The Morgan fingerprint density at radius 2 is 2.15 bits per heavy atom. The molecule has 0 bridgehead atoms. The van der Waals surface area contributed by atoms with Gasteiger partial charge in [0, 0.05) is 10.7 Å². The van der Waals surface area contributed by atoms with Gasteiger partial charge in [-0.15, -0.1) is 0 Å². The van der Waals surface area contributed by atoms with Crippen LogP contribution >= 0.6 is 15.9 Å². The van der Waals surface area contributed by atoms with Gasteiger partial charge in [0.1, 0.15) is 11.6 Å². The van der Waals surface area contributed by atoms with Crippen LogP contribution in [0.2, 0.25) is 0 Å². The molecular formula is C15H17BrFN3. The number of aromatic nitrogens is 2. The summed E-state index contributed by atoms with van der Waals surface area (Å²) in [4.78, 5) is 8.53. The van der Waals surface area contributed by atoms with Gasteiger partial charge in [-0.3, -0.25) is 0 Å². The SMILES string of the molecule is CCNC(Cc1ccc(Br)cc1F)c1ccnc(C)n1. The molecule has 5 heteroatoms. The van der Waals surface area contributed by atoms with E-state index in [1.807, 2.05) is 26.0 Å². The first kappa shape index (κ1) is 15.1. The second-order valence-corrected chi connectivity index (χ2v) is 5.49. The summed E-state index contributed by atoms with van der Waals surface area (Å²) in [5.74, 6) is 0.523. The Kier molecular flexibility index (Phi) is 5.20. The molecule has 0 aliphatic carbocycles. The van der Waals surface area contributed by atoms with Crippen LogP contribution in [0.15, 0.2) is 34.9 Å². The van der Waals surface area contributed by atoms with Crippen molar-refractivity contribution in [1.82, 2.24) is 15.3 Å². The zero-order valence-electron chi connectivity index (χ0n) is 11.5. The molecule has 0 aliphatic heterocycles. The van der Waals surface area contributed by atoms with E-state index in [2.05, 4.69) is 31.2 Å². The fraction of sp³-hybridized carbons (Fsp3) is 0.333. The first-order chi connectivity index (χ1) is 9.60. The third kappa shape index (κ3) is 3.84. The molecule has 3 nitrogen and oxygen atoms in total. The highest BCUT2D eigenvalue weighted by Gasteiger charge is 2.15. The summed E-state index contributed by atoms with van der Waals surface area (Å²) in [6.45, 7) is 4.68. The van der Waals surface area contributed by atoms with E-state index in [-0.39, 0.29) is 11.9 Å². The van der Waals surface area contributed by atoms with E-state index >= 15 is 0 Å². The number of nitrogens with one attached hydrogen (secondary N) is 1. The average molecular weight is 338 g/mol. The van der Waals surface area contributed by atoms with Gasteiger partial charge in [0.05, 0.1) is 11.7 Å². The van der Waals surface area contributed by atoms with Crippen molar-refractivity contribution in [2.45, 2.75) is 26.3 Å². The fourth-order valence-corrected chi connectivity index (χ4v) is 2.44. The van der Waals surface area contributed by atoms with Crippen molar-refractivity contribution in [1.29, 1.82) is 0 Å². The molecule has 1 unspecified atom stereocenters. The Balaban J connectivity index is 2.25. The summed E-state index contributed by atoms with van der Waals surface area (Å²) in [6, 6.07) is 7.00. The molecule has 1 heterocycles. The standard InChI is InChI=1S/C15H17BrFN3/c1-3-18-15(14-6-7-19-10(2)20-14)8-11-4-5-12(16)9-13(11)17/h4-7,9,15,18H,3,8H2,1-2H3. The maximum atomic E-state index is 14.0. The topological polar surface area (TPSA) is 37.8 Å². The lowest BCUT2D eigenvalue weighted by Gasteiger charge is -2.18. The van der Waals surface area contributed by atoms with Gasteiger partial charge in [0.15, 0.2) is 0 Å². The highest BCUT2D eigenvalue weighted by molar-refractivity contribution is 9.10. The van der Waals surface area contributed by atoms with Crippen molar-refractivity contribution in [3.63, 3.8) is 0 Å². The maximum absolute atomic E-state index is 14.0. The number of likely N-dealkylation sites (N-methyl/N-ethyl adjacent to an activating group) is 1. The van der Waals surface area contributed by atoms with Crippen molar-refractivity contribution < 1.29 is 4.39 Å². The Morgan fingerprint density at radius 1 is 1.35 bits per heavy atom. The van der Waals surface area contributed by atoms with Crippen molar-refractivity contribution in [2.75, 3.05) is 6.54 Å². The zero-order valence-corrected chi connectivity index (χ0v) is 13.1. The highest BCUT2D eigenvalue weighted by atomic mass is 79.9. The van der Waals surface area contributed by atoms with Crippen molar-refractivity contribution in [3.8, 4) is 0 Å². The minimum atomic E-state index is -0.201. The molecule has 1 atom stereocenters. The lowest BCUT2D eigenvalue weighted by Crippen LogP contribution is -2.24. The van der Waals surface area contributed by atoms with E-state index in [0.29, 0.717) is 12.0 Å². The quantitative estimate of drug-likeness (QED) is 0.906. The van der Waals surface area contributed by atoms with Gasteiger partial charge in [-0.1, -0.05) is 28.9 Å². The zero-order chi connectivity index (χ0) is 14.5. The number of rotatable bonds is 5. The molecule has 0 aliphatic rings. The van der Waals surface area contributed by atoms with Crippen molar-refractivity contribution in [3.05, 3.63) is 57.8 Å². The molecule has 20 heavy (non-hydrogen) atoms. The molecule has 0 fully saturated rings. The van der Waals surface area contributed by atoms with Crippen LogP contribution in [0.25, 0.3) is 0 Å². The molecule has 1 aromatic heterocycles. The Labute approximate surface area is 126 Å². The number of aryl methyl sites for hydroxylation is 1. The van der Waals surface area contributed by atoms with E-state index in [9.17, 15) is 4.39 Å². The molecule has 2 rings (SSSR count). The molecule has 0 amide bonds. The Bertz CT molecular complexity index is 589. The normalized spacial score (nSPS) is 12.4. The lowest BCUT2D eigenvalue weighted by molar-refractivity contribution is 0.515. The Hall–Kier alpha value is -1.33. The van der Waals surface area contributed by atoms with Gasteiger partial charge >= 0.3 is 0 Å². The largest absolute Gasteiger partial charge is 0.309 e. The number of halogens is 2. The molecule has 0 radical (unpaired) electrons. The summed E-state index contributed by atoms with van der Waals surface area (Å²) in [5.41, 5.74) is 1.57. The molecule has 0 spiro atoms. The van der Waals surface area contributed by atoms with E-state index in [1.54, 1.807) is 12.3 Å². The molecule has 0 saturated carbocycles. The van der Waals surface area contributed by atoms with Gasteiger partial charge in [0.25, 0.3) is 0 Å². The highest BCUT2D eigenvalue weighted by Crippen LogP contribution is 2.21. The van der Waals surface area contributed by atoms with Crippen LogP contribution in [0.4, 0.5) is 4.39 Å². The first-order valence-electron chi connectivity index (χ1n) is 6.57. The smallest absolute Gasteiger partial charge is 0.127 e. The van der Waals surface area contributed by atoms with Crippen LogP contribution in [-0.2, 0) is 6.42 Å². The molecule has 1 aromatic carbocycles. The van der Waals surface area contributed by atoms with Gasteiger partial charge < -0.3 is 5.32 Å². The van der Waals surface area contributed by atoms with Crippen LogP contribution in [0, 0.1) is 12.7 Å². The average Bonchev–Trinajstić information content (AvgIpc) is 2.41. The number of benzene rings is 1. The number of nitrogens with zero attached hydrogens (tertiary/aromatic N) is 2. The third-order valence-corrected chi connectivity index (χ3v) is 3.54. The predicted molar refractivity (Wildman–Crippen MR) is 81.0 cm³/mol. The Morgan fingerprint density at radius 3 is 2.80 bits per heavy atom. The van der Waals surface area contributed by atoms with Crippen LogP contribution in [0.5, 0.6) is 0 Å². The van der Waals surface area contributed by atoms with E-state index < -0.39 is 0 Å². The van der Waals surface area contributed by atoms with Gasteiger partial charge in [-0.25, -0.2) is 14.4 Å². The summed E-state index contributed by atoms with van der Waals surface area (Å²) in [6.07, 6.45) is 2.29. The maximum Gasteiger partial charge on any atom is 0.127 e. The minimum Gasteiger partial charge on any atom is -0.309 e. The molecule has 0 saturated heterocycles. The van der Waals surface area contributed by atoms with Crippen LogP contribution in [0.1, 0.15) is 30.0 Å². The van der Waals surface area contributed by atoms with Crippen molar-refractivity contribution in [2.24, 2.45) is 0 Å². The third-order valence-electron chi connectivity index (χ3n) is 3.04. The monoisotopic (exact) mass is 337 g/mol. The summed E-state index contributed by atoms with van der Waals surface area (Å²) in [5, 5.41) is 3.35. The van der Waals surface area contributed by atoms with E-state index in [4.69, 9.17) is 0 Å². The van der Waals surface area contributed by atoms with Gasteiger partial charge in [-0.05, 0) is 43.7 Å². The lowest BCUT2D eigenvalue weighted by atomic mass is 10.0. The summed E-state index contributed by atoms with van der Waals surface area (Å²) >= 11 is 3.27. The molecule has 2 aromatic rings. The second-order valence-electron chi connectivity index (χ2n) is 4.58. The summed E-state index contributed by atoms with van der Waals surface area (Å²) in [7, 11) is 0. The molecule has 106 valence electrons. The second kappa shape index (κ2) is 6.90. The van der Waals surface area contributed by atoms with Crippen molar-refractivity contribution >= 4 is 15.9 Å². The minimum absolute atomic E-state index is 0.0163. The summed E-state index contributed by atoms with van der Waals surface area (Å²) < 4.78 is 14.7. The van der Waals surface area contributed by atoms with E-state index in [0.717, 1.165) is 22.5 Å². The van der Waals surface area contributed by atoms with Gasteiger partial charge in [-0.2, -0.15) is 0 Å². The molecule has 1 N–H and O–H groups in total.